The van der Waals surface area contributed by atoms with Crippen molar-refractivity contribution in [3.8, 4) is 0 Å². The minimum Gasteiger partial charge on any atom is -0.458 e. The van der Waals surface area contributed by atoms with Gasteiger partial charge in [-0.05, 0) is 44.2 Å². The molecule has 1 aliphatic rings. The van der Waals surface area contributed by atoms with Gasteiger partial charge in [0.1, 0.15) is 6.10 Å². The van der Waals surface area contributed by atoms with E-state index in [0.717, 1.165) is 24.8 Å². The predicted molar refractivity (Wildman–Crippen MR) is 72.4 cm³/mol. The average molecular weight is 247 g/mol. The fraction of sp³-hybridized carbons (Fsp3) is 0.533. The lowest BCUT2D eigenvalue weighted by atomic mass is 9.88. The second-order valence-electron chi connectivity index (χ2n) is 5.30. The van der Waals surface area contributed by atoms with E-state index in [1.54, 1.807) is 12.1 Å². The van der Waals surface area contributed by atoms with Crippen molar-refractivity contribution < 1.29 is 9.53 Å². The summed E-state index contributed by atoms with van der Waals surface area (Å²) in [7, 11) is 0. The van der Waals surface area contributed by atoms with Gasteiger partial charge >= 0.3 is 5.97 Å². The molecule has 1 aromatic carbocycles. The molecule has 0 heterocycles. The summed E-state index contributed by atoms with van der Waals surface area (Å²) in [5.74, 6) is 0.170. The summed E-state index contributed by atoms with van der Waals surface area (Å²) >= 11 is 0. The summed E-state index contributed by atoms with van der Waals surface area (Å²) in [4.78, 5) is 12.1. The number of aryl methyl sites for hydroxylation is 1. The first kappa shape index (κ1) is 12.9. The van der Waals surface area contributed by atoms with Gasteiger partial charge in [-0.25, -0.2) is 4.79 Å². The van der Waals surface area contributed by atoms with Crippen LogP contribution in [0.5, 0.6) is 0 Å². The molecule has 1 aliphatic carbocycles. The van der Waals surface area contributed by atoms with Crippen LogP contribution in [-0.4, -0.2) is 12.1 Å². The van der Waals surface area contributed by atoms with E-state index in [9.17, 15) is 4.79 Å². The summed E-state index contributed by atoms with van der Waals surface area (Å²) in [5, 5.41) is 0. The van der Waals surface area contributed by atoms with Crippen molar-refractivity contribution in [2.45, 2.75) is 45.6 Å². The zero-order valence-corrected chi connectivity index (χ0v) is 11.1. The lowest BCUT2D eigenvalue weighted by Crippen LogP contribution is -2.28. The molecular weight excluding hydrogens is 226 g/mol. The van der Waals surface area contributed by atoms with Crippen LogP contribution in [-0.2, 0) is 4.74 Å². The number of esters is 1. The lowest BCUT2D eigenvalue weighted by Gasteiger charge is -2.28. The predicted octanol–water partition coefficient (Wildman–Crippen LogP) is 3.31. The molecule has 1 fully saturated rings. The molecule has 0 bridgehead atoms. The Morgan fingerprint density at radius 2 is 2.06 bits per heavy atom. The first-order chi connectivity index (χ1) is 8.58. The summed E-state index contributed by atoms with van der Waals surface area (Å²) in [6.07, 6.45) is 4.54. The number of ether oxygens (including phenoxy) is 1. The maximum atomic E-state index is 12.1. The van der Waals surface area contributed by atoms with Crippen LogP contribution in [0.15, 0.2) is 18.2 Å². The van der Waals surface area contributed by atoms with Gasteiger partial charge in [-0.1, -0.05) is 25.0 Å². The molecule has 0 amide bonds. The second-order valence-corrected chi connectivity index (χ2v) is 5.30. The van der Waals surface area contributed by atoms with Crippen molar-refractivity contribution in [2.24, 2.45) is 5.92 Å². The maximum Gasteiger partial charge on any atom is 0.340 e. The molecule has 98 valence electrons. The van der Waals surface area contributed by atoms with Crippen molar-refractivity contribution in [2.75, 3.05) is 5.73 Å². The fourth-order valence-electron chi connectivity index (χ4n) is 2.51. The maximum absolute atomic E-state index is 12.1. The molecule has 0 spiro atoms. The highest BCUT2D eigenvalue weighted by Crippen LogP contribution is 2.27. The highest BCUT2D eigenvalue weighted by Gasteiger charge is 2.25. The highest BCUT2D eigenvalue weighted by atomic mass is 16.5. The molecular formula is C15H21NO2. The van der Waals surface area contributed by atoms with E-state index in [2.05, 4.69) is 6.92 Å². The van der Waals surface area contributed by atoms with E-state index in [4.69, 9.17) is 10.5 Å². The lowest BCUT2D eigenvalue weighted by molar-refractivity contribution is 0.00492. The number of hydrogen-bond acceptors (Lipinski definition) is 3. The zero-order valence-electron chi connectivity index (χ0n) is 11.1. The van der Waals surface area contributed by atoms with E-state index in [1.807, 2.05) is 13.0 Å². The van der Waals surface area contributed by atoms with Crippen molar-refractivity contribution in [1.82, 2.24) is 0 Å². The van der Waals surface area contributed by atoms with Crippen LogP contribution < -0.4 is 5.73 Å². The van der Waals surface area contributed by atoms with E-state index < -0.39 is 0 Å². The number of carbonyl (C=O) groups is 1. The Balaban J connectivity index is 2.09. The third-order valence-electron chi connectivity index (χ3n) is 3.72. The van der Waals surface area contributed by atoms with Crippen molar-refractivity contribution in [3.63, 3.8) is 0 Å². The van der Waals surface area contributed by atoms with Gasteiger partial charge in [-0.15, -0.1) is 0 Å². The molecule has 0 saturated heterocycles. The van der Waals surface area contributed by atoms with Crippen LogP contribution in [0.3, 0.4) is 0 Å². The molecule has 18 heavy (non-hydrogen) atoms. The smallest absolute Gasteiger partial charge is 0.340 e. The topological polar surface area (TPSA) is 52.3 Å². The Bertz CT molecular complexity index is 442. The van der Waals surface area contributed by atoms with Gasteiger partial charge in [0.2, 0.25) is 0 Å². The Labute approximate surface area is 108 Å². The van der Waals surface area contributed by atoms with Crippen LogP contribution in [0.25, 0.3) is 0 Å². The number of rotatable bonds is 2. The Morgan fingerprint density at radius 1 is 1.33 bits per heavy atom. The third-order valence-corrected chi connectivity index (χ3v) is 3.72. The largest absolute Gasteiger partial charge is 0.458 e. The molecule has 1 aromatic rings. The van der Waals surface area contributed by atoms with Gasteiger partial charge in [0, 0.05) is 5.69 Å². The van der Waals surface area contributed by atoms with Gasteiger partial charge in [0.25, 0.3) is 0 Å². The quantitative estimate of drug-likeness (QED) is 0.644. The first-order valence-corrected chi connectivity index (χ1v) is 6.65. The molecule has 1 saturated carbocycles. The van der Waals surface area contributed by atoms with Gasteiger partial charge in [-0.3, -0.25) is 0 Å². The average Bonchev–Trinajstić information content (AvgIpc) is 2.35. The van der Waals surface area contributed by atoms with Crippen molar-refractivity contribution >= 4 is 11.7 Å². The van der Waals surface area contributed by atoms with Crippen LogP contribution >= 0.6 is 0 Å². The molecule has 2 rings (SSSR count). The van der Waals surface area contributed by atoms with Gasteiger partial charge < -0.3 is 10.5 Å². The zero-order chi connectivity index (χ0) is 13.1. The van der Waals surface area contributed by atoms with Gasteiger partial charge in [-0.2, -0.15) is 0 Å². The molecule has 0 aromatic heterocycles. The third kappa shape index (κ3) is 2.84. The minimum absolute atomic E-state index is 0.0474. The molecule has 2 N–H and O–H groups in total. The standard InChI is InChI=1S/C15H21NO2/c1-10-7-8-13(16)12(9-10)15(17)18-14-6-4-3-5-11(14)2/h7-9,11,14H,3-6,16H2,1-2H3. The van der Waals surface area contributed by atoms with E-state index in [-0.39, 0.29) is 12.1 Å². The molecule has 0 aliphatic heterocycles. The number of hydrogen-bond donors (Lipinski definition) is 1. The SMILES string of the molecule is Cc1ccc(N)c(C(=O)OC2CCCCC2C)c1. The van der Waals surface area contributed by atoms with E-state index >= 15 is 0 Å². The fourth-order valence-corrected chi connectivity index (χ4v) is 2.51. The number of anilines is 1. The van der Waals surface area contributed by atoms with Gasteiger partial charge in [0.05, 0.1) is 5.56 Å². The number of benzene rings is 1. The summed E-state index contributed by atoms with van der Waals surface area (Å²) in [5.41, 5.74) is 7.84. The van der Waals surface area contributed by atoms with Crippen molar-refractivity contribution in [3.05, 3.63) is 29.3 Å². The Hall–Kier alpha value is -1.51. The normalized spacial score (nSPS) is 23.7. The molecule has 2 atom stereocenters. The van der Waals surface area contributed by atoms with Gasteiger partial charge in [0.15, 0.2) is 0 Å². The van der Waals surface area contributed by atoms with Crippen molar-refractivity contribution in [1.29, 1.82) is 0 Å². The van der Waals surface area contributed by atoms with Crippen LogP contribution in [0.4, 0.5) is 5.69 Å². The van der Waals surface area contributed by atoms with Crippen LogP contribution in [0, 0.1) is 12.8 Å². The molecule has 2 unspecified atom stereocenters. The molecule has 0 radical (unpaired) electrons. The number of nitrogens with two attached hydrogens (primary N) is 1. The van der Waals surface area contributed by atoms with Crippen LogP contribution in [0.2, 0.25) is 0 Å². The van der Waals surface area contributed by atoms with Crippen LogP contribution in [0.1, 0.15) is 48.5 Å². The van der Waals surface area contributed by atoms with E-state index in [0.29, 0.717) is 17.2 Å². The second kappa shape index (κ2) is 5.42. The number of carbonyl (C=O) groups excluding carboxylic acids is 1. The summed E-state index contributed by atoms with van der Waals surface area (Å²) < 4.78 is 5.61. The Morgan fingerprint density at radius 3 is 2.78 bits per heavy atom. The van der Waals surface area contributed by atoms with E-state index in [1.165, 1.54) is 6.42 Å². The monoisotopic (exact) mass is 247 g/mol. The highest BCUT2D eigenvalue weighted by molar-refractivity contribution is 5.95. The number of nitrogen functional groups attached to an aromatic ring is 1. The summed E-state index contributed by atoms with van der Waals surface area (Å²) in [6.45, 7) is 4.09. The Kier molecular flexibility index (Phi) is 3.90. The molecule has 3 nitrogen and oxygen atoms in total. The first-order valence-electron chi connectivity index (χ1n) is 6.65. The minimum atomic E-state index is -0.282. The molecule has 3 heteroatoms. The summed E-state index contributed by atoms with van der Waals surface area (Å²) in [6, 6.07) is 5.46.